The van der Waals surface area contributed by atoms with Crippen LogP contribution in [0.15, 0.2) is 53.6 Å². The maximum Gasteiger partial charge on any atom is 0.235 e. The zero-order valence-corrected chi connectivity index (χ0v) is 20.6. The molecule has 1 fully saturated rings. The van der Waals surface area contributed by atoms with Crippen molar-refractivity contribution in [3.8, 4) is 11.5 Å². The summed E-state index contributed by atoms with van der Waals surface area (Å²) in [6, 6.07) is 13.1. The van der Waals surface area contributed by atoms with E-state index in [1.807, 2.05) is 36.4 Å². The lowest BCUT2D eigenvalue weighted by atomic mass is 9.91. The number of methoxy groups -OCH3 is 2. The predicted octanol–water partition coefficient (Wildman–Crippen LogP) is 3.50. The molecule has 36 heavy (non-hydrogen) atoms. The molecule has 3 heterocycles. The summed E-state index contributed by atoms with van der Waals surface area (Å²) < 4.78 is 34.4. The summed E-state index contributed by atoms with van der Waals surface area (Å²) in [4.78, 5) is 17.3. The maximum absolute atomic E-state index is 13.0. The topological polar surface area (TPSA) is 135 Å². The van der Waals surface area contributed by atoms with Gasteiger partial charge >= 0.3 is 0 Å². The van der Waals surface area contributed by atoms with Gasteiger partial charge in [0.2, 0.25) is 5.91 Å². The number of amides is 1. The number of anilines is 3. The van der Waals surface area contributed by atoms with Crippen molar-refractivity contribution < 1.29 is 22.7 Å². The van der Waals surface area contributed by atoms with Crippen LogP contribution in [0.1, 0.15) is 23.5 Å². The molecule has 3 N–H and O–H groups in total. The fourth-order valence-corrected chi connectivity index (χ4v) is 5.60. The zero-order chi connectivity index (χ0) is 25.2. The molecule has 2 atom stereocenters. The highest BCUT2D eigenvalue weighted by Crippen LogP contribution is 2.65. The molecule has 1 spiro atoms. The van der Waals surface area contributed by atoms with Gasteiger partial charge in [0.15, 0.2) is 27.2 Å². The molecule has 11 heteroatoms. The summed E-state index contributed by atoms with van der Waals surface area (Å²) in [5.41, 5.74) is 3.06. The number of hydrogen-bond acceptors (Lipinski definition) is 8. The van der Waals surface area contributed by atoms with Crippen molar-refractivity contribution in [3.63, 3.8) is 0 Å². The summed E-state index contributed by atoms with van der Waals surface area (Å²) in [5, 5.41) is 14.4. The quantitative estimate of drug-likeness (QED) is 0.362. The van der Waals surface area contributed by atoms with Gasteiger partial charge in [-0.05, 0) is 47.9 Å². The van der Waals surface area contributed by atoms with Crippen LogP contribution in [0.25, 0.3) is 10.9 Å². The minimum Gasteiger partial charge on any atom is -0.497 e. The van der Waals surface area contributed by atoms with Gasteiger partial charge in [-0.1, -0.05) is 6.07 Å². The molecule has 2 aliphatic rings. The normalized spacial score (nSPS) is 20.3. The lowest BCUT2D eigenvalue weighted by Gasteiger charge is -2.11. The summed E-state index contributed by atoms with van der Waals surface area (Å²) in [6.45, 7) is 0. The van der Waals surface area contributed by atoms with Crippen molar-refractivity contribution in [1.29, 1.82) is 0 Å². The highest BCUT2D eigenvalue weighted by molar-refractivity contribution is 7.90. The first-order valence-corrected chi connectivity index (χ1v) is 13.1. The van der Waals surface area contributed by atoms with Gasteiger partial charge in [0.25, 0.3) is 0 Å². The van der Waals surface area contributed by atoms with Crippen LogP contribution in [-0.2, 0) is 20.0 Å². The average Bonchev–Trinajstić information content (AvgIpc) is 3.42. The summed E-state index contributed by atoms with van der Waals surface area (Å²) in [6.07, 6.45) is 3.11. The van der Waals surface area contributed by atoms with Crippen molar-refractivity contribution in [2.45, 2.75) is 22.6 Å². The van der Waals surface area contributed by atoms with Crippen LogP contribution >= 0.6 is 0 Å². The number of aromatic amines is 1. The number of aromatic nitrogens is 3. The zero-order valence-electron chi connectivity index (χ0n) is 19.7. The monoisotopic (exact) mass is 505 g/mol. The van der Waals surface area contributed by atoms with E-state index < -0.39 is 15.3 Å². The van der Waals surface area contributed by atoms with Crippen molar-refractivity contribution >= 4 is 44.0 Å². The number of hydrogen-bond donors (Lipinski definition) is 3. The first-order chi connectivity index (χ1) is 17.2. The lowest BCUT2D eigenvalue weighted by molar-refractivity contribution is -0.118. The maximum atomic E-state index is 13.0. The molecule has 1 amide bonds. The van der Waals surface area contributed by atoms with Crippen molar-refractivity contribution in [2.24, 2.45) is 0 Å². The van der Waals surface area contributed by atoms with Crippen LogP contribution in [0, 0.1) is 0 Å². The van der Waals surface area contributed by atoms with Gasteiger partial charge in [-0.3, -0.25) is 9.89 Å². The van der Waals surface area contributed by atoms with E-state index in [1.165, 1.54) is 19.4 Å². The van der Waals surface area contributed by atoms with E-state index in [-0.39, 0.29) is 22.5 Å². The van der Waals surface area contributed by atoms with E-state index in [1.54, 1.807) is 7.11 Å². The van der Waals surface area contributed by atoms with E-state index in [0.717, 1.165) is 46.1 Å². The van der Waals surface area contributed by atoms with Crippen LogP contribution < -0.4 is 20.1 Å². The van der Waals surface area contributed by atoms with Gasteiger partial charge in [0.05, 0.1) is 30.0 Å². The van der Waals surface area contributed by atoms with Crippen LogP contribution in [0.2, 0.25) is 0 Å². The molecule has 0 bridgehead atoms. The second-order valence-corrected chi connectivity index (χ2v) is 11.1. The summed E-state index contributed by atoms with van der Waals surface area (Å²) >= 11 is 0. The minimum atomic E-state index is -3.42. The van der Waals surface area contributed by atoms with Gasteiger partial charge in [0, 0.05) is 35.5 Å². The summed E-state index contributed by atoms with van der Waals surface area (Å²) in [7, 11) is -0.357. The molecule has 0 radical (unpaired) electrons. The number of carbonyl (C=O) groups excluding carboxylic acids is 1. The second-order valence-electron chi connectivity index (χ2n) is 9.09. The van der Waals surface area contributed by atoms with Gasteiger partial charge in [-0.25, -0.2) is 13.4 Å². The molecule has 10 nitrogen and oxygen atoms in total. The van der Waals surface area contributed by atoms with Crippen molar-refractivity contribution in [3.05, 3.63) is 59.8 Å². The van der Waals surface area contributed by atoms with Gasteiger partial charge in [-0.2, -0.15) is 5.10 Å². The molecule has 2 aromatic heterocycles. The fraction of sp³-hybridized carbons (Fsp3) is 0.240. The Kier molecular flexibility index (Phi) is 4.77. The SMILES string of the molecule is COc1ccc2c(c1)C1(CC1c1ccc3c(Nc4ncc(S(C)(=O)=O)cc4OC)n[nH]c3c1)C(=O)N2. The molecule has 4 aromatic rings. The Bertz CT molecular complexity index is 1660. The third-order valence-electron chi connectivity index (χ3n) is 7.02. The van der Waals surface area contributed by atoms with Crippen LogP contribution in [-0.4, -0.2) is 50.0 Å². The molecule has 1 saturated carbocycles. The number of fused-ring (bicyclic) bond motifs is 3. The Morgan fingerprint density at radius 2 is 1.92 bits per heavy atom. The van der Waals surface area contributed by atoms with Crippen LogP contribution in [0.5, 0.6) is 11.5 Å². The predicted molar refractivity (Wildman–Crippen MR) is 134 cm³/mol. The molecule has 2 unspecified atom stereocenters. The number of H-pyrrole nitrogens is 1. The van der Waals surface area contributed by atoms with E-state index in [9.17, 15) is 13.2 Å². The van der Waals surface area contributed by atoms with Crippen molar-refractivity contribution in [2.75, 3.05) is 31.1 Å². The Morgan fingerprint density at radius 1 is 1.08 bits per heavy atom. The average molecular weight is 506 g/mol. The number of carbonyl (C=O) groups is 1. The van der Waals surface area contributed by atoms with Gasteiger partial charge in [-0.15, -0.1) is 0 Å². The van der Waals surface area contributed by atoms with E-state index in [0.29, 0.717) is 11.6 Å². The van der Waals surface area contributed by atoms with E-state index >= 15 is 0 Å². The number of pyridine rings is 1. The van der Waals surface area contributed by atoms with E-state index in [4.69, 9.17) is 9.47 Å². The highest BCUT2D eigenvalue weighted by Gasteiger charge is 2.65. The first kappa shape index (κ1) is 22.4. The molecule has 2 aromatic carbocycles. The molecular formula is C25H23N5O5S. The Balaban J connectivity index is 1.30. The molecule has 6 rings (SSSR count). The van der Waals surface area contributed by atoms with Gasteiger partial charge < -0.3 is 20.1 Å². The molecule has 1 aliphatic carbocycles. The molecule has 0 saturated heterocycles. The summed E-state index contributed by atoms with van der Waals surface area (Å²) in [5.74, 6) is 1.93. The number of nitrogens with zero attached hydrogens (tertiary/aromatic N) is 2. The Morgan fingerprint density at radius 3 is 2.67 bits per heavy atom. The lowest BCUT2D eigenvalue weighted by Crippen LogP contribution is -2.21. The number of rotatable bonds is 6. The molecule has 184 valence electrons. The fourth-order valence-electron chi connectivity index (χ4n) is 5.04. The largest absolute Gasteiger partial charge is 0.497 e. The van der Waals surface area contributed by atoms with Gasteiger partial charge in [0.1, 0.15) is 5.75 Å². The van der Waals surface area contributed by atoms with Crippen LogP contribution in [0.4, 0.5) is 17.3 Å². The van der Waals surface area contributed by atoms with E-state index in [2.05, 4.69) is 25.8 Å². The molecular weight excluding hydrogens is 482 g/mol. The highest BCUT2D eigenvalue weighted by atomic mass is 32.2. The number of ether oxygens (including phenoxy) is 2. The smallest absolute Gasteiger partial charge is 0.235 e. The standard InChI is InChI=1S/C25H23N5O5S/c1-34-14-5-7-19-17(9-14)25(24(31)27-19)11-18(25)13-4-6-16-20(8-13)29-30-22(16)28-23-21(35-2)10-15(12-26-23)36(3,32)33/h4-10,12,18H,11H2,1-3H3,(H,27,31)(H2,26,28,29,30). The number of benzene rings is 2. The number of nitrogens with one attached hydrogen (secondary N) is 3. The third-order valence-corrected chi connectivity index (χ3v) is 8.10. The van der Waals surface area contributed by atoms with Crippen LogP contribution in [0.3, 0.4) is 0 Å². The Hall–Kier alpha value is -4.12. The third kappa shape index (κ3) is 3.30. The Labute approximate surface area is 207 Å². The number of sulfone groups is 1. The first-order valence-electron chi connectivity index (χ1n) is 11.2. The minimum absolute atomic E-state index is 0.0125. The molecule has 1 aliphatic heterocycles. The second kappa shape index (κ2) is 7.69. The van der Waals surface area contributed by atoms with Crippen molar-refractivity contribution in [1.82, 2.24) is 15.2 Å².